The van der Waals surface area contributed by atoms with Gasteiger partial charge in [-0.3, -0.25) is 19.5 Å². The summed E-state index contributed by atoms with van der Waals surface area (Å²) in [7, 11) is 12.5. The summed E-state index contributed by atoms with van der Waals surface area (Å²) in [5, 5.41) is 19.1. The maximum atomic E-state index is 11.6. The van der Waals surface area contributed by atoms with Gasteiger partial charge in [-0.15, -0.1) is 5.10 Å². The Bertz CT molecular complexity index is 1160. The number of fused-ring (bicyclic) bond motifs is 1. The minimum atomic E-state index is -1.57. The number of hydrogen-bond donors (Lipinski definition) is 0. The number of nitro groups is 1. The number of rotatable bonds is 7. The number of ether oxygens (including phenoxy) is 2. The Morgan fingerprint density at radius 3 is 2.75 bits per heavy atom. The van der Waals surface area contributed by atoms with E-state index in [-0.39, 0.29) is 46.7 Å². The highest BCUT2D eigenvalue weighted by molar-refractivity contribution is 6.38. The number of nitrogens with zero attached hydrogens (tertiary/aromatic N) is 7. The lowest BCUT2D eigenvalue weighted by molar-refractivity contribution is -0.386. The zero-order valence-electron chi connectivity index (χ0n) is 17.1. The molecule has 0 atom stereocenters. The zero-order chi connectivity index (χ0) is 23.0. The van der Waals surface area contributed by atoms with Crippen LogP contribution in [0.5, 0.6) is 5.88 Å². The second-order valence-electron chi connectivity index (χ2n) is 7.45. The SMILES string of the molecule is [B]C([B])(CCOc1nn(C2CCOCC2)c(C)c1[N+](=O)[O-])n1nc(Cl)c2cnc(Cl)nc21. The highest BCUT2D eigenvalue weighted by Crippen LogP contribution is 2.34. The van der Waals surface area contributed by atoms with Gasteiger partial charge in [0.1, 0.15) is 5.69 Å². The summed E-state index contributed by atoms with van der Waals surface area (Å²) in [6.07, 6.45) is 2.86. The van der Waals surface area contributed by atoms with Crippen LogP contribution in [0.4, 0.5) is 5.69 Å². The first-order valence-electron chi connectivity index (χ1n) is 9.78. The van der Waals surface area contributed by atoms with Gasteiger partial charge in [-0.1, -0.05) is 11.6 Å². The van der Waals surface area contributed by atoms with Crippen LogP contribution in [0.1, 0.15) is 31.0 Å². The highest BCUT2D eigenvalue weighted by Gasteiger charge is 2.31. The minimum absolute atomic E-state index is 0.00456. The molecule has 0 unspecified atom stereocenters. The molecule has 1 saturated heterocycles. The summed E-state index contributed by atoms with van der Waals surface area (Å²) in [5.74, 6) is -0.0940. The molecule has 3 aromatic heterocycles. The van der Waals surface area contributed by atoms with Crippen molar-refractivity contribution in [3.63, 3.8) is 0 Å². The van der Waals surface area contributed by atoms with E-state index >= 15 is 0 Å². The average Bonchev–Trinajstić information content (AvgIpc) is 3.25. The Hall–Kier alpha value is -2.37. The zero-order valence-corrected chi connectivity index (χ0v) is 18.6. The van der Waals surface area contributed by atoms with Crippen LogP contribution in [-0.4, -0.2) is 70.0 Å². The van der Waals surface area contributed by atoms with Crippen molar-refractivity contribution in [3.8, 4) is 5.88 Å². The monoisotopic (exact) mass is 475 g/mol. The lowest BCUT2D eigenvalue weighted by atomic mass is 9.60. The van der Waals surface area contributed by atoms with Crippen LogP contribution in [0.25, 0.3) is 11.0 Å². The van der Waals surface area contributed by atoms with Crippen molar-refractivity contribution >= 4 is 55.6 Å². The molecule has 0 amide bonds. The Balaban J connectivity index is 1.54. The van der Waals surface area contributed by atoms with Gasteiger partial charge in [0.05, 0.1) is 38.7 Å². The first-order chi connectivity index (χ1) is 15.2. The summed E-state index contributed by atoms with van der Waals surface area (Å²) in [6.45, 7) is 2.72. The van der Waals surface area contributed by atoms with Gasteiger partial charge < -0.3 is 9.47 Å². The van der Waals surface area contributed by atoms with Crippen LogP contribution >= 0.6 is 23.2 Å². The van der Waals surface area contributed by atoms with E-state index in [1.165, 1.54) is 10.9 Å². The lowest BCUT2D eigenvalue weighted by Gasteiger charge is -2.26. The molecule has 15 heteroatoms. The Morgan fingerprint density at radius 2 is 2.06 bits per heavy atom. The fourth-order valence-corrected chi connectivity index (χ4v) is 3.97. The maximum absolute atomic E-state index is 11.6. The third kappa shape index (κ3) is 4.28. The van der Waals surface area contributed by atoms with Crippen molar-refractivity contribution in [1.82, 2.24) is 29.5 Å². The second kappa shape index (κ2) is 8.87. The predicted octanol–water partition coefficient (Wildman–Crippen LogP) is 2.31. The molecular weight excluding hydrogens is 459 g/mol. The van der Waals surface area contributed by atoms with E-state index in [2.05, 4.69) is 20.2 Å². The van der Waals surface area contributed by atoms with Gasteiger partial charge in [0, 0.05) is 19.4 Å². The van der Waals surface area contributed by atoms with Gasteiger partial charge in [0.2, 0.25) is 5.28 Å². The second-order valence-corrected chi connectivity index (χ2v) is 8.15. The van der Waals surface area contributed by atoms with Gasteiger partial charge in [-0.05, 0) is 43.1 Å². The van der Waals surface area contributed by atoms with Gasteiger partial charge >= 0.3 is 11.6 Å². The molecule has 1 fully saturated rings. The van der Waals surface area contributed by atoms with E-state index in [0.29, 0.717) is 37.1 Å². The van der Waals surface area contributed by atoms with Crippen LogP contribution in [0.15, 0.2) is 6.20 Å². The summed E-state index contributed by atoms with van der Waals surface area (Å²) in [6, 6.07) is 0.00456. The molecule has 4 heterocycles. The van der Waals surface area contributed by atoms with Crippen molar-refractivity contribution in [3.05, 3.63) is 32.4 Å². The summed E-state index contributed by atoms with van der Waals surface area (Å²) in [5.41, 5.74) is 0.480. The molecular formula is C17H17B2Cl2N7O4. The quantitative estimate of drug-likeness (QED) is 0.221. The van der Waals surface area contributed by atoms with Gasteiger partial charge in [0.15, 0.2) is 10.8 Å². The molecule has 32 heavy (non-hydrogen) atoms. The molecule has 0 bridgehead atoms. The largest absolute Gasteiger partial charge is 0.472 e. The molecule has 11 nitrogen and oxygen atoms in total. The summed E-state index contributed by atoms with van der Waals surface area (Å²) >= 11 is 12.0. The molecule has 1 aliphatic rings. The molecule has 0 aliphatic carbocycles. The maximum Gasteiger partial charge on any atom is 0.352 e. The lowest BCUT2D eigenvalue weighted by Crippen LogP contribution is -2.37. The molecule has 164 valence electrons. The first-order valence-corrected chi connectivity index (χ1v) is 10.5. The molecule has 3 aromatic rings. The van der Waals surface area contributed by atoms with Crippen molar-refractivity contribution < 1.29 is 14.4 Å². The normalized spacial score (nSPS) is 15.3. The fourth-order valence-electron chi connectivity index (χ4n) is 3.63. The van der Waals surface area contributed by atoms with E-state index in [1.54, 1.807) is 11.6 Å². The average molecular weight is 476 g/mol. The molecule has 4 radical (unpaired) electrons. The Kier molecular flexibility index (Phi) is 6.33. The van der Waals surface area contributed by atoms with Crippen LogP contribution < -0.4 is 4.74 Å². The standard InChI is InChI=1S/C17H17B2Cl2N7O4/c1-9-12(28(29)30)15(25-26(9)10-2-5-31-6-3-10)32-7-4-17(18,19)27-14-11(13(20)24-27)8-22-16(21)23-14/h8,10H,2-7H2,1H3. The third-order valence-corrected chi connectivity index (χ3v) is 5.75. The van der Waals surface area contributed by atoms with Crippen LogP contribution in [0.3, 0.4) is 0 Å². The van der Waals surface area contributed by atoms with Crippen LogP contribution in [0.2, 0.25) is 10.4 Å². The number of halogens is 2. The van der Waals surface area contributed by atoms with Crippen molar-refractivity contribution in [1.29, 1.82) is 0 Å². The molecule has 1 aliphatic heterocycles. The van der Waals surface area contributed by atoms with Gasteiger partial charge in [-0.25, -0.2) is 4.98 Å². The Morgan fingerprint density at radius 1 is 1.34 bits per heavy atom. The van der Waals surface area contributed by atoms with E-state index in [4.69, 9.17) is 48.4 Å². The highest BCUT2D eigenvalue weighted by atomic mass is 35.5. The fraction of sp³-hybridized carbons (Fsp3) is 0.529. The topological polar surface area (TPSA) is 123 Å². The minimum Gasteiger partial charge on any atom is -0.472 e. The van der Waals surface area contributed by atoms with Crippen molar-refractivity contribution in [2.45, 2.75) is 37.6 Å². The molecule has 0 saturated carbocycles. The Labute approximate surface area is 195 Å². The smallest absolute Gasteiger partial charge is 0.352 e. The van der Waals surface area contributed by atoms with E-state index in [9.17, 15) is 10.1 Å². The first kappa shape index (κ1) is 22.8. The molecule has 0 aromatic carbocycles. The van der Waals surface area contributed by atoms with Gasteiger partial charge in [0.25, 0.3) is 0 Å². The third-order valence-electron chi connectivity index (χ3n) is 5.29. The number of aromatic nitrogens is 6. The summed E-state index contributed by atoms with van der Waals surface area (Å²) < 4.78 is 13.9. The van der Waals surface area contributed by atoms with Crippen molar-refractivity contribution in [2.75, 3.05) is 19.8 Å². The molecule has 0 N–H and O–H groups in total. The van der Waals surface area contributed by atoms with E-state index in [0.717, 1.165) is 0 Å². The molecule has 0 spiro atoms. The predicted molar refractivity (Wildman–Crippen MR) is 118 cm³/mol. The summed E-state index contributed by atoms with van der Waals surface area (Å²) in [4.78, 5) is 19.1. The number of hydrogen-bond acceptors (Lipinski definition) is 8. The van der Waals surface area contributed by atoms with Crippen molar-refractivity contribution in [2.24, 2.45) is 0 Å². The van der Waals surface area contributed by atoms with E-state index < -0.39 is 10.3 Å². The van der Waals surface area contributed by atoms with Crippen LogP contribution in [-0.2, 0) is 10.1 Å². The van der Waals surface area contributed by atoms with E-state index in [1.807, 2.05) is 0 Å². The van der Waals surface area contributed by atoms with Crippen LogP contribution in [0, 0.1) is 17.0 Å². The molecule has 4 rings (SSSR count). The van der Waals surface area contributed by atoms with Gasteiger partial charge in [-0.2, -0.15) is 10.1 Å².